The van der Waals surface area contributed by atoms with E-state index in [9.17, 15) is 41.7 Å². The fraction of sp³-hybridized carbons (Fsp3) is 0.455. The van der Waals surface area contributed by atoms with Gasteiger partial charge in [-0.1, -0.05) is 0 Å². The van der Waals surface area contributed by atoms with Gasteiger partial charge in [0.1, 0.15) is 12.0 Å². The summed E-state index contributed by atoms with van der Waals surface area (Å²) in [5.41, 5.74) is 9.96. The van der Waals surface area contributed by atoms with E-state index in [1.807, 2.05) is 0 Å². The van der Waals surface area contributed by atoms with Crippen LogP contribution in [-0.2, 0) is 48.2 Å². The number of rotatable bonds is 7. The fourth-order valence-corrected chi connectivity index (χ4v) is 3.39. The average molecular weight is 478 g/mol. The molecule has 17 nitrogen and oxygen atoms in total. The predicted molar refractivity (Wildman–Crippen MR) is 86.0 cm³/mol. The Hall–Kier alpha value is -2.68. The molecule has 0 aliphatic carbocycles. The van der Waals surface area contributed by atoms with E-state index >= 15 is 0 Å². The molecule has 2 aliphatic rings. The molecular formula is C11H14N2O15S2. The molecule has 1 fully saturated rings. The maximum absolute atomic E-state index is 11.6. The van der Waals surface area contributed by atoms with Crippen molar-refractivity contribution >= 4 is 32.6 Å². The molecule has 0 aromatic rings. The molecule has 2 rings (SSSR count). The van der Waals surface area contributed by atoms with Crippen molar-refractivity contribution in [3.63, 3.8) is 0 Å². The van der Waals surface area contributed by atoms with Crippen molar-refractivity contribution in [1.29, 1.82) is 0 Å². The van der Waals surface area contributed by atoms with Crippen molar-refractivity contribution < 1.29 is 68.7 Å². The number of hydrogen-bond donors (Lipinski definition) is 7. The van der Waals surface area contributed by atoms with Crippen molar-refractivity contribution in [2.45, 2.75) is 24.6 Å². The number of hydrogen-bond acceptors (Lipinski definition) is 13. The summed E-state index contributed by atoms with van der Waals surface area (Å²) >= 11 is 0. The Morgan fingerprint density at radius 2 is 1.53 bits per heavy atom. The second kappa shape index (κ2) is 7.86. The van der Waals surface area contributed by atoms with Crippen molar-refractivity contribution in [1.82, 2.24) is 0 Å². The first-order valence-corrected chi connectivity index (χ1v) is 10.0. The summed E-state index contributed by atoms with van der Waals surface area (Å²) in [5, 5.41) is 30.3. The molecule has 0 bridgehead atoms. The van der Waals surface area contributed by atoms with Crippen LogP contribution in [0.5, 0.6) is 0 Å². The summed E-state index contributed by atoms with van der Waals surface area (Å²) in [6.45, 7) is 0. The minimum atomic E-state index is -5.36. The highest BCUT2D eigenvalue weighted by molar-refractivity contribution is 7.81. The van der Waals surface area contributed by atoms with Crippen LogP contribution in [0.2, 0.25) is 0 Å². The number of aliphatic hydroxyl groups is 3. The second-order valence-electron chi connectivity index (χ2n) is 5.70. The van der Waals surface area contributed by atoms with Gasteiger partial charge < -0.3 is 40.4 Å². The molecular weight excluding hydrogens is 464 g/mol. The molecule has 19 heteroatoms. The number of primary amides is 2. The Bertz CT molecular complexity index is 1030. The lowest BCUT2D eigenvalue weighted by Crippen LogP contribution is -2.43. The van der Waals surface area contributed by atoms with Crippen LogP contribution < -0.4 is 11.5 Å². The number of ether oxygens (including phenoxy) is 2. The molecule has 9 N–H and O–H groups in total. The fourth-order valence-electron chi connectivity index (χ4n) is 2.59. The van der Waals surface area contributed by atoms with Gasteiger partial charge in [0, 0.05) is 0 Å². The van der Waals surface area contributed by atoms with Crippen molar-refractivity contribution in [3.05, 3.63) is 23.0 Å². The van der Waals surface area contributed by atoms with Crippen molar-refractivity contribution in [2.75, 3.05) is 0 Å². The number of aliphatic hydroxyl groups excluding tert-OH is 3. The maximum atomic E-state index is 11.6. The van der Waals surface area contributed by atoms with Crippen molar-refractivity contribution in [2.24, 2.45) is 17.4 Å². The van der Waals surface area contributed by atoms with E-state index in [0.29, 0.717) is 0 Å². The van der Waals surface area contributed by atoms with Gasteiger partial charge in [0.15, 0.2) is 18.2 Å². The molecule has 0 aromatic heterocycles. The van der Waals surface area contributed by atoms with E-state index in [1.165, 1.54) is 0 Å². The zero-order valence-electron chi connectivity index (χ0n) is 14.2. The van der Waals surface area contributed by atoms with Gasteiger partial charge in [-0.05, 0) is 0 Å². The van der Waals surface area contributed by atoms with Crippen LogP contribution in [0.3, 0.4) is 0 Å². The summed E-state index contributed by atoms with van der Waals surface area (Å²) in [6, 6.07) is 0. The SMILES string of the molecule is NC(=O)C1OC(C2C(OS(=O)(=O)O)OC(C(N)=O)C2O)=C(O)C(O)=C1OS(=O)(=O)O. The lowest BCUT2D eigenvalue weighted by molar-refractivity contribution is -0.141. The number of nitrogens with two attached hydrogens (primary N) is 2. The highest BCUT2D eigenvalue weighted by atomic mass is 32.3. The topological polar surface area (TPSA) is 293 Å². The van der Waals surface area contributed by atoms with Gasteiger partial charge in [-0.3, -0.25) is 18.7 Å². The summed E-state index contributed by atoms with van der Waals surface area (Å²) < 4.78 is 79.1. The van der Waals surface area contributed by atoms with E-state index in [2.05, 4.69) is 8.37 Å². The van der Waals surface area contributed by atoms with Crippen LogP contribution >= 0.6 is 0 Å². The molecule has 5 atom stereocenters. The van der Waals surface area contributed by atoms with Gasteiger partial charge >= 0.3 is 20.8 Å². The monoisotopic (exact) mass is 478 g/mol. The Morgan fingerprint density at radius 1 is 0.967 bits per heavy atom. The molecule has 2 heterocycles. The van der Waals surface area contributed by atoms with E-state index in [-0.39, 0.29) is 0 Å². The number of carbonyl (C=O) groups is 2. The molecule has 2 aliphatic heterocycles. The van der Waals surface area contributed by atoms with E-state index in [1.54, 1.807) is 0 Å². The highest BCUT2D eigenvalue weighted by Gasteiger charge is 2.54. The first-order valence-electron chi connectivity index (χ1n) is 7.31. The van der Waals surface area contributed by atoms with E-state index < -0.39 is 86.2 Å². The molecule has 0 radical (unpaired) electrons. The van der Waals surface area contributed by atoms with Gasteiger partial charge in [0.05, 0.1) is 0 Å². The van der Waals surface area contributed by atoms with Crippen LogP contribution in [0.4, 0.5) is 0 Å². The molecule has 0 spiro atoms. The third-order valence-corrected chi connectivity index (χ3v) is 4.50. The van der Waals surface area contributed by atoms with Crippen LogP contribution in [0, 0.1) is 5.92 Å². The number of carbonyl (C=O) groups excluding carboxylic acids is 2. The Labute approximate surface area is 167 Å². The van der Waals surface area contributed by atoms with Crippen LogP contribution in [0.15, 0.2) is 23.0 Å². The third-order valence-electron chi connectivity index (χ3n) is 3.68. The lowest BCUT2D eigenvalue weighted by Gasteiger charge is -2.30. The zero-order chi connectivity index (χ0) is 23.2. The smallest absolute Gasteiger partial charge is 0.446 e. The van der Waals surface area contributed by atoms with Crippen LogP contribution in [0.25, 0.3) is 0 Å². The first kappa shape index (κ1) is 23.6. The predicted octanol–water partition coefficient (Wildman–Crippen LogP) is -3.76. The summed E-state index contributed by atoms with van der Waals surface area (Å²) in [5.74, 6) is -10.5. The first-order chi connectivity index (χ1) is 13.5. The molecule has 1 saturated heterocycles. The molecule has 0 saturated carbocycles. The molecule has 170 valence electrons. The minimum Gasteiger partial charge on any atom is -0.502 e. The number of amides is 2. The van der Waals surface area contributed by atoms with E-state index in [4.69, 9.17) is 30.0 Å². The molecule has 30 heavy (non-hydrogen) atoms. The van der Waals surface area contributed by atoms with Crippen molar-refractivity contribution in [3.8, 4) is 0 Å². The normalized spacial score (nSPS) is 30.2. The van der Waals surface area contributed by atoms with E-state index in [0.717, 1.165) is 0 Å². The van der Waals surface area contributed by atoms with Gasteiger partial charge in [-0.2, -0.15) is 16.8 Å². The van der Waals surface area contributed by atoms with Crippen LogP contribution in [-0.4, -0.2) is 77.7 Å². The summed E-state index contributed by atoms with van der Waals surface area (Å²) in [7, 11) is -10.7. The molecule has 2 amide bonds. The van der Waals surface area contributed by atoms with Gasteiger partial charge in [-0.15, -0.1) is 0 Å². The standard InChI is InChI=1S/C11H14N2O15S2/c12-9(17)7-2(14)1(11(26-7)28-30(22,23)24)5-3(15)4(16)6(27-29(19,20)21)8(25-5)10(13)18/h1-2,7-8,11,14-16H,(H2,12,17)(H2,13,18)(H,19,20,21)(H,22,23,24). The summed E-state index contributed by atoms with van der Waals surface area (Å²) in [6.07, 6.45) is -8.78. The van der Waals surface area contributed by atoms with Gasteiger partial charge in [-0.25, -0.2) is 4.18 Å². The highest BCUT2D eigenvalue weighted by Crippen LogP contribution is 2.40. The minimum absolute atomic E-state index is 1.09. The average Bonchev–Trinajstić information content (AvgIpc) is 2.85. The third kappa shape index (κ3) is 4.89. The van der Waals surface area contributed by atoms with Gasteiger partial charge in [0.2, 0.25) is 29.3 Å². The van der Waals surface area contributed by atoms with Gasteiger partial charge in [0.25, 0.3) is 5.91 Å². The quantitative estimate of drug-likeness (QED) is 0.173. The maximum Gasteiger partial charge on any atom is 0.446 e. The zero-order valence-corrected chi connectivity index (χ0v) is 15.8. The Morgan fingerprint density at radius 3 is 1.97 bits per heavy atom. The molecule has 5 unspecified atom stereocenters. The summed E-state index contributed by atoms with van der Waals surface area (Å²) in [4.78, 5) is 23.0. The Balaban J connectivity index is 2.62. The second-order valence-corrected chi connectivity index (χ2v) is 7.77. The Kier molecular flexibility index (Phi) is 6.19. The lowest BCUT2D eigenvalue weighted by atomic mass is 9.95. The van der Waals surface area contributed by atoms with Crippen LogP contribution in [0.1, 0.15) is 0 Å². The largest absolute Gasteiger partial charge is 0.502 e. The molecule has 0 aromatic carbocycles.